The van der Waals surface area contributed by atoms with Crippen molar-refractivity contribution in [1.29, 1.82) is 0 Å². The van der Waals surface area contributed by atoms with E-state index in [9.17, 15) is 0 Å². The summed E-state index contributed by atoms with van der Waals surface area (Å²) in [4.78, 5) is 0. The van der Waals surface area contributed by atoms with Gasteiger partial charge < -0.3 is 120 Å². The van der Waals surface area contributed by atoms with Gasteiger partial charge in [0.15, 0.2) is 0 Å². The second kappa shape index (κ2) is 34.5. The van der Waals surface area contributed by atoms with Crippen molar-refractivity contribution in [3.63, 3.8) is 0 Å². The predicted octanol–water partition coefficient (Wildman–Crippen LogP) is -15.0. The Balaban J connectivity index is 0. The molecule has 0 fully saturated rings. The number of halogens is 5. The first-order chi connectivity index (χ1) is 0. The third kappa shape index (κ3) is 23.9. The summed E-state index contributed by atoms with van der Waals surface area (Å²) in [5, 5.41) is 0. The quantitative estimate of drug-likeness (QED) is 0.214. The first kappa shape index (κ1) is 47.9. The summed E-state index contributed by atoms with van der Waals surface area (Å²) in [5.74, 6) is 0. The first-order valence-corrected chi connectivity index (χ1v) is 0. The molecular weight excluding hydrogens is 818 g/mol. The van der Waals surface area contributed by atoms with E-state index in [0.29, 0.717) is 0 Å². The summed E-state index contributed by atoms with van der Waals surface area (Å²) >= 11 is 0. The molecule has 0 amide bonds. The maximum absolute atomic E-state index is 0. The van der Waals surface area contributed by atoms with Crippen LogP contribution in [0.2, 0.25) is 0 Å². The van der Waals surface area contributed by atoms with E-state index in [1.165, 1.54) is 0 Å². The van der Waals surface area contributed by atoms with E-state index in [2.05, 4.69) is 0 Å². The topological polar surface area (TPSA) is 0 Å². The second-order valence-electron chi connectivity index (χ2n) is 0. The second-order valence-corrected chi connectivity index (χ2v) is 0. The van der Waals surface area contributed by atoms with Crippen LogP contribution in [-0.4, -0.2) is 0 Å². The minimum atomic E-state index is 0. The Kier molecular flexibility index (Phi) is 275. The molecule has 0 aliphatic rings. The van der Waals surface area contributed by atoms with E-state index in [4.69, 9.17) is 0 Å². The zero-order valence-electron chi connectivity index (χ0n) is 2.30. The molecule has 0 bridgehead atoms. The van der Waals surface area contributed by atoms with Gasteiger partial charge in [-0.25, -0.2) is 0 Å². The smallest absolute Gasteiger partial charge is 1.00 e. The van der Waals surface area contributed by atoms with Crippen LogP contribution in [0.1, 0.15) is 0 Å². The van der Waals surface area contributed by atoms with Gasteiger partial charge in [0.1, 0.15) is 0 Å². The van der Waals surface area contributed by atoms with E-state index < -0.39 is 0 Å². The molecule has 0 unspecified atom stereocenters. The molecule has 0 radical (unpaired) electrons. The number of rotatable bonds is 0. The summed E-state index contributed by atoms with van der Waals surface area (Å²) < 4.78 is 0. The van der Waals surface area contributed by atoms with Crippen LogP contribution in [0.3, 0.4) is 0 Å². The zero-order valence-corrected chi connectivity index (χ0v) is 16.0. The molecule has 0 aliphatic carbocycles. The van der Waals surface area contributed by atoms with Crippen LogP contribution < -0.4 is 120 Å². The summed E-state index contributed by atoms with van der Waals surface area (Å²) in [5.41, 5.74) is 0. The van der Waals surface area contributed by atoms with Gasteiger partial charge in [-0.3, -0.25) is 0 Å². The summed E-state index contributed by atoms with van der Waals surface area (Å²) in [6, 6.07) is 0. The van der Waals surface area contributed by atoms with E-state index in [1.54, 1.807) is 0 Å². The molecule has 0 saturated heterocycles. The monoisotopic (exact) mass is 818 g/mol. The van der Waals surface area contributed by atoms with Gasteiger partial charge >= 0.3 is 21.1 Å². The molecule has 0 aromatic heterocycles. The zero-order chi connectivity index (χ0) is 0. The maximum Gasteiger partial charge on any atom is 2.00 e. The third-order valence-corrected chi connectivity index (χ3v) is 0. The minimum Gasteiger partial charge on any atom is -1.00 e. The van der Waals surface area contributed by atoms with Crippen LogP contribution in [0.5, 0.6) is 0 Å². The van der Waals surface area contributed by atoms with Crippen molar-refractivity contribution in [1.82, 2.24) is 0 Å². The third-order valence-electron chi connectivity index (χ3n) is 0. The van der Waals surface area contributed by atoms with Crippen LogP contribution in [0.15, 0.2) is 0 Å². The number of hydrogen-bond donors (Lipinski definition) is 0. The van der Waals surface area contributed by atoms with Gasteiger partial charge in [0, 0.05) is 0 Å². The Bertz CT molecular complexity index is 3.90. The van der Waals surface area contributed by atoms with Crippen LogP contribution in [0, 0.1) is 0 Å². The molecule has 0 saturated carbocycles. The van der Waals surface area contributed by atoms with Gasteiger partial charge in [-0.2, -0.15) is 0 Å². The molecule has 44 valence electrons. The largest absolute Gasteiger partial charge is 2.00 e. The molecule has 0 rings (SSSR count). The fourth-order valence-corrected chi connectivity index (χ4v) is 0. The molecule has 0 aliphatic heterocycles. The Hall–Kier alpha value is 4.34. The standard InChI is InChI=1S/5HI.W/h5*1H;/q;;;;;+2/p-5. The van der Waals surface area contributed by atoms with Gasteiger partial charge in [-0.1, -0.05) is 0 Å². The van der Waals surface area contributed by atoms with Crippen molar-refractivity contribution in [2.45, 2.75) is 0 Å². The molecule has 0 aromatic carbocycles. The van der Waals surface area contributed by atoms with E-state index in [0.717, 1.165) is 0 Å². The average molecular weight is 818 g/mol. The Morgan fingerprint density at radius 3 is 0.333 bits per heavy atom. The van der Waals surface area contributed by atoms with Crippen LogP contribution in [0.4, 0.5) is 0 Å². The van der Waals surface area contributed by atoms with Crippen molar-refractivity contribution in [3.05, 3.63) is 0 Å². The van der Waals surface area contributed by atoms with Crippen molar-refractivity contribution in [2.75, 3.05) is 0 Å². The van der Waals surface area contributed by atoms with Gasteiger partial charge in [-0.15, -0.1) is 0 Å². The Morgan fingerprint density at radius 2 is 0.333 bits per heavy atom. The molecular formula is I5W-3. The maximum atomic E-state index is 0. The summed E-state index contributed by atoms with van der Waals surface area (Å²) in [6.07, 6.45) is 0. The van der Waals surface area contributed by atoms with Crippen LogP contribution in [-0.2, 0) is 21.1 Å². The van der Waals surface area contributed by atoms with E-state index in [-0.39, 0.29) is 141 Å². The SMILES string of the molecule is [I-].[I-].[I-].[I-].[I-].[W+2]. The Morgan fingerprint density at radius 1 is 0.333 bits per heavy atom. The normalized spacial score (nSPS) is 0. The molecule has 0 N–H and O–H groups in total. The van der Waals surface area contributed by atoms with Crippen LogP contribution >= 0.6 is 0 Å². The van der Waals surface area contributed by atoms with Gasteiger partial charge in [0.2, 0.25) is 0 Å². The first-order valence-electron chi connectivity index (χ1n) is 0. The van der Waals surface area contributed by atoms with Crippen molar-refractivity contribution < 1.29 is 141 Å². The fourth-order valence-electron chi connectivity index (χ4n) is 0. The van der Waals surface area contributed by atoms with E-state index >= 15 is 0 Å². The van der Waals surface area contributed by atoms with E-state index in [1.807, 2.05) is 0 Å². The van der Waals surface area contributed by atoms with Crippen molar-refractivity contribution in [2.24, 2.45) is 0 Å². The average Bonchev–Trinajstić information content (AvgIpc) is 0. The fraction of sp³-hybridized carbons (Fsp3) is 0. The molecule has 6 heteroatoms. The molecule has 0 aromatic rings. The molecule has 0 heterocycles. The Labute approximate surface area is 137 Å². The molecule has 0 spiro atoms. The van der Waals surface area contributed by atoms with Gasteiger partial charge in [-0.05, 0) is 0 Å². The van der Waals surface area contributed by atoms with Gasteiger partial charge in [0.05, 0.1) is 0 Å². The molecule has 6 heavy (non-hydrogen) atoms. The number of hydrogen-bond acceptors (Lipinski definition) is 0. The van der Waals surface area contributed by atoms with Crippen molar-refractivity contribution >= 4 is 0 Å². The summed E-state index contributed by atoms with van der Waals surface area (Å²) in [6.45, 7) is 0. The summed E-state index contributed by atoms with van der Waals surface area (Å²) in [7, 11) is 0. The van der Waals surface area contributed by atoms with Crippen molar-refractivity contribution in [3.8, 4) is 0 Å². The van der Waals surface area contributed by atoms with Gasteiger partial charge in [0.25, 0.3) is 0 Å². The minimum absolute atomic E-state index is 0. The predicted molar refractivity (Wildman–Crippen MR) is 0 cm³/mol. The van der Waals surface area contributed by atoms with Crippen LogP contribution in [0.25, 0.3) is 0 Å². The molecule has 0 atom stereocenters. The molecule has 0 nitrogen and oxygen atoms in total.